The minimum Gasteiger partial charge on any atom is -0.495 e. The molecule has 0 bridgehead atoms. The molecule has 1 fully saturated rings. The van der Waals surface area contributed by atoms with Crippen molar-refractivity contribution in [2.75, 3.05) is 50.6 Å². The molecule has 1 N–H and O–H groups in total. The van der Waals surface area contributed by atoms with Crippen LogP contribution in [0.4, 0.5) is 16.3 Å². The van der Waals surface area contributed by atoms with Crippen molar-refractivity contribution in [3.63, 3.8) is 0 Å². The predicted octanol–water partition coefficient (Wildman–Crippen LogP) is 3.00. The molecule has 0 saturated carbocycles. The van der Waals surface area contributed by atoms with E-state index in [-0.39, 0.29) is 6.03 Å². The van der Waals surface area contributed by atoms with E-state index in [1.54, 1.807) is 21.7 Å². The van der Waals surface area contributed by atoms with Gasteiger partial charge in [-0.25, -0.2) is 9.48 Å². The van der Waals surface area contributed by atoms with E-state index in [4.69, 9.17) is 21.1 Å². The summed E-state index contributed by atoms with van der Waals surface area (Å²) >= 11 is 6.20. The Kier molecular flexibility index (Phi) is 6.31. The second kappa shape index (κ2) is 9.31. The van der Waals surface area contributed by atoms with Crippen molar-refractivity contribution in [2.24, 2.45) is 0 Å². The smallest absolute Gasteiger partial charge is 0.322 e. The highest BCUT2D eigenvalue weighted by Crippen LogP contribution is 2.36. The third-order valence-corrected chi connectivity index (χ3v) is 5.50. The van der Waals surface area contributed by atoms with Crippen LogP contribution in [0.2, 0.25) is 5.02 Å². The first-order valence-electron chi connectivity index (χ1n) is 10.1. The molecule has 1 aromatic carbocycles. The normalized spacial score (nSPS) is 13.8. The second-order valence-electron chi connectivity index (χ2n) is 7.24. The summed E-state index contributed by atoms with van der Waals surface area (Å²) in [7, 11) is 3.05. The van der Waals surface area contributed by atoms with Gasteiger partial charge in [-0.2, -0.15) is 5.10 Å². The Balaban J connectivity index is 1.36. The lowest BCUT2D eigenvalue weighted by molar-refractivity contribution is 0.208. The highest BCUT2D eigenvalue weighted by molar-refractivity contribution is 6.32. The number of nitrogens with zero attached hydrogens (tertiary/aromatic N) is 6. The number of ether oxygens (including phenoxy) is 2. The number of anilines is 2. The summed E-state index contributed by atoms with van der Waals surface area (Å²) in [4.78, 5) is 16.6. The molecule has 3 aromatic rings. The number of hydrogen-bond acceptors (Lipinski definition) is 7. The van der Waals surface area contributed by atoms with Gasteiger partial charge < -0.3 is 24.6 Å². The van der Waals surface area contributed by atoms with E-state index < -0.39 is 0 Å². The summed E-state index contributed by atoms with van der Waals surface area (Å²) in [6.07, 6.45) is 1.85. The molecule has 0 radical (unpaired) electrons. The molecule has 0 aliphatic carbocycles. The summed E-state index contributed by atoms with van der Waals surface area (Å²) in [6.45, 7) is 4.29. The van der Waals surface area contributed by atoms with Crippen molar-refractivity contribution in [3.8, 4) is 17.3 Å². The fraction of sp³-hybridized carbons (Fsp3) is 0.333. The van der Waals surface area contributed by atoms with E-state index in [0.717, 1.165) is 11.5 Å². The molecule has 4 rings (SSSR count). The Hall–Kier alpha value is -3.53. The summed E-state index contributed by atoms with van der Waals surface area (Å²) in [5, 5.41) is 16.2. The second-order valence-corrected chi connectivity index (χ2v) is 7.65. The van der Waals surface area contributed by atoms with Crippen molar-refractivity contribution >= 4 is 29.1 Å². The molecule has 2 amide bonds. The van der Waals surface area contributed by atoms with Gasteiger partial charge in [0.25, 0.3) is 0 Å². The lowest BCUT2D eigenvalue weighted by atomic mass is 10.2. The predicted molar refractivity (Wildman–Crippen MR) is 121 cm³/mol. The lowest BCUT2D eigenvalue weighted by Gasteiger charge is -2.35. The number of aromatic nitrogens is 4. The Bertz CT molecular complexity index is 1100. The van der Waals surface area contributed by atoms with Crippen LogP contribution in [0.1, 0.15) is 5.69 Å². The minimum absolute atomic E-state index is 0.223. The van der Waals surface area contributed by atoms with Gasteiger partial charge in [-0.1, -0.05) is 11.6 Å². The van der Waals surface area contributed by atoms with Crippen LogP contribution in [0.3, 0.4) is 0 Å². The first-order chi connectivity index (χ1) is 15.5. The molecular formula is C21H24ClN7O3. The number of carbonyl (C=O) groups is 1. The molecular weight excluding hydrogens is 434 g/mol. The van der Waals surface area contributed by atoms with Gasteiger partial charge in [0.2, 0.25) is 0 Å². The first kappa shape index (κ1) is 21.7. The zero-order valence-corrected chi connectivity index (χ0v) is 18.8. The van der Waals surface area contributed by atoms with Crippen molar-refractivity contribution in [1.29, 1.82) is 0 Å². The Morgan fingerprint density at radius 2 is 1.69 bits per heavy atom. The summed E-state index contributed by atoms with van der Waals surface area (Å²) in [6, 6.07) is 8.75. The van der Waals surface area contributed by atoms with Gasteiger partial charge in [0.05, 0.1) is 30.6 Å². The van der Waals surface area contributed by atoms with Gasteiger partial charge in [-0.15, -0.1) is 10.2 Å². The van der Waals surface area contributed by atoms with Crippen molar-refractivity contribution in [1.82, 2.24) is 24.9 Å². The summed E-state index contributed by atoms with van der Waals surface area (Å²) in [5.41, 5.74) is 1.40. The topological polar surface area (TPSA) is 97.6 Å². The Morgan fingerprint density at radius 3 is 2.28 bits per heavy atom. The number of methoxy groups -OCH3 is 2. The maximum atomic E-state index is 12.8. The minimum atomic E-state index is -0.223. The molecule has 1 aliphatic rings. The van der Waals surface area contributed by atoms with Crippen LogP contribution in [0.5, 0.6) is 11.5 Å². The zero-order valence-electron chi connectivity index (χ0n) is 18.1. The van der Waals surface area contributed by atoms with Gasteiger partial charge in [0.1, 0.15) is 11.5 Å². The van der Waals surface area contributed by atoms with E-state index in [0.29, 0.717) is 54.2 Å². The van der Waals surface area contributed by atoms with Gasteiger partial charge in [0.15, 0.2) is 11.6 Å². The van der Waals surface area contributed by atoms with E-state index >= 15 is 0 Å². The number of nitrogens with one attached hydrogen (secondary N) is 1. The standard InChI is InChI=1S/C21H24ClN7O3/c1-14-6-7-29(26-14)20-5-4-19(24-25-20)27-8-10-28(11-9-27)21(30)23-16-12-15(22)17(31-2)13-18(16)32-3/h4-7,12-13H,8-11H2,1-3H3,(H,23,30). The molecule has 1 aliphatic heterocycles. The monoisotopic (exact) mass is 457 g/mol. The van der Waals surface area contributed by atoms with Gasteiger partial charge >= 0.3 is 6.03 Å². The maximum absolute atomic E-state index is 12.8. The number of hydrogen-bond donors (Lipinski definition) is 1. The molecule has 3 heterocycles. The summed E-state index contributed by atoms with van der Waals surface area (Å²) in [5.74, 6) is 2.37. The van der Waals surface area contributed by atoms with Crippen molar-refractivity contribution in [2.45, 2.75) is 6.92 Å². The Morgan fingerprint density at radius 1 is 1.00 bits per heavy atom. The van der Waals surface area contributed by atoms with E-state index in [9.17, 15) is 4.79 Å². The van der Waals surface area contributed by atoms with E-state index in [2.05, 4.69) is 25.5 Å². The van der Waals surface area contributed by atoms with E-state index in [1.807, 2.05) is 31.3 Å². The average Bonchev–Trinajstić information content (AvgIpc) is 3.26. The van der Waals surface area contributed by atoms with Gasteiger partial charge in [-0.05, 0) is 31.2 Å². The van der Waals surface area contributed by atoms with Crippen molar-refractivity contribution in [3.05, 3.63) is 47.2 Å². The van der Waals surface area contributed by atoms with Gasteiger partial charge in [0, 0.05) is 38.4 Å². The van der Waals surface area contributed by atoms with E-state index in [1.165, 1.54) is 14.2 Å². The zero-order chi connectivity index (χ0) is 22.7. The molecule has 0 spiro atoms. The molecule has 0 unspecified atom stereocenters. The lowest BCUT2D eigenvalue weighted by Crippen LogP contribution is -2.50. The maximum Gasteiger partial charge on any atom is 0.322 e. The summed E-state index contributed by atoms with van der Waals surface area (Å²) < 4.78 is 12.2. The Labute approximate surface area is 190 Å². The fourth-order valence-corrected chi connectivity index (χ4v) is 3.68. The quantitative estimate of drug-likeness (QED) is 0.628. The number of benzene rings is 1. The number of piperazine rings is 1. The third kappa shape index (κ3) is 4.54. The number of halogens is 1. The van der Waals surface area contributed by atoms with Crippen molar-refractivity contribution < 1.29 is 14.3 Å². The third-order valence-electron chi connectivity index (χ3n) is 5.20. The molecule has 168 valence electrons. The average molecular weight is 458 g/mol. The number of urea groups is 1. The molecule has 11 heteroatoms. The van der Waals surface area contributed by atoms with Crippen LogP contribution >= 0.6 is 11.6 Å². The van der Waals surface area contributed by atoms with Crippen LogP contribution in [0.25, 0.3) is 5.82 Å². The molecule has 2 aromatic heterocycles. The highest BCUT2D eigenvalue weighted by atomic mass is 35.5. The number of carbonyl (C=O) groups excluding carboxylic acids is 1. The molecule has 0 atom stereocenters. The van der Waals surface area contributed by atoms with Crippen LogP contribution in [0.15, 0.2) is 36.5 Å². The molecule has 32 heavy (non-hydrogen) atoms. The number of amides is 2. The number of aryl methyl sites for hydroxylation is 1. The SMILES string of the molecule is COc1cc(OC)c(NC(=O)N2CCN(c3ccc(-n4ccc(C)n4)nn3)CC2)cc1Cl. The van der Waals surface area contributed by atoms with Gasteiger partial charge in [-0.3, -0.25) is 0 Å². The molecule has 10 nitrogen and oxygen atoms in total. The van der Waals surface area contributed by atoms with Crippen LogP contribution in [0, 0.1) is 6.92 Å². The largest absolute Gasteiger partial charge is 0.495 e. The highest BCUT2D eigenvalue weighted by Gasteiger charge is 2.23. The first-order valence-corrected chi connectivity index (χ1v) is 10.4. The van der Waals surface area contributed by atoms with Crippen LogP contribution in [-0.2, 0) is 0 Å². The van der Waals surface area contributed by atoms with Crippen LogP contribution in [-0.4, -0.2) is 71.3 Å². The number of rotatable bonds is 5. The molecule has 1 saturated heterocycles. The fourth-order valence-electron chi connectivity index (χ4n) is 3.44. The van der Waals surface area contributed by atoms with Crippen LogP contribution < -0.4 is 19.7 Å².